The average molecular weight is 391 g/mol. The molecule has 6 nitrogen and oxygen atoms in total. The van der Waals surface area contributed by atoms with Gasteiger partial charge in [-0.2, -0.15) is 0 Å². The first-order chi connectivity index (χ1) is 12.9. The first-order valence-electron chi connectivity index (χ1n) is 9.12. The zero-order valence-electron chi connectivity index (χ0n) is 15.4. The number of nitrogens with one attached hydrogen (secondary N) is 2. The third-order valence-electron chi connectivity index (χ3n) is 4.61. The Morgan fingerprint density at radius 2 is 2.00 bits per heavy atom. The van der Waals surface area contributed by atoms with Crippen molar-refractivity contribution in [3.8, 4) is 5.75 Å². The second-order valence-electron chi connectivity index (χ2n) is 6.91. The maximum absolute atomic E-state index is 11.8. The molecule has 2 atom stereocenters. The summed E-state index contributed by atoms with van der Waals surface area (Å²) in [5.41, 5.74) is 1.98. The predicted molar refractivity (Wildman–Crippen MR) is 106 cm³/mol. The Morgan fingerprint density at radius 3 is 2.67 bits per heavy atom. The summed E-state index contributed by atoms with van der Waals surface area (Å²) in [4.78, 5) is 0. The Bertz CT molecular complexity index is 850. The number of sulfonamides is 1. The molecule has 2 aromatic rings. The fraction of sp³-hybridized carbons (Fsp3) is 0.400. The molecule has 27 heavy (non-hydrogen) atoms. The molecular formula is C20H26N2O4S. The molecule has 1 aliphatic heterocycles. The summed E-state index contributed by atoms with van der Waals surface area (Å²) >= 11 is 0. The van der Waals surface area contributed by atoms with E-state index >= 15 is 0 Å². The van der Waals surface area contributed by atoms with Gasteiger partial charge in [0.05, 0.1) is 18.0 Å². The smallest absolute Gasteiger partial charge is 0.229 e. The molecule has 3 rings (SSSR count). The second kappa shape index (κ2) is 8.73. The topological polar surface area (TPSA) is 87.7 Å². The number of ether oxygens (including phenoxy) is 1. The van der Waals surface area contributed by atoms with Gasteiger partial charge >= 0.3 is 0 Å². The fourth-order valence-electron chi connectivity index (χ4n) is 3.25. The Balaban J connectivity index is 1.81. The molecule has 0 spiro atoms. The Labute approximate surface area is 160 Å². The van der Waals surface area contributed by atoms with E-state index in [-0.39, 0.29) is 6.04 Å². The van der Waals surface area contributed by atoms with Gasteiger partial charge < -0.3 is 15.2 Å². The lowest BCUT2D eigenvalue weighted by atomic mass is 9.94. The van der Waals surface area contributed by atoms with E-state index in [1.807, 2.05) is 30.3 Å². The molecule has 0 radical (unpaired) electrons. The average Bonchev–Trinajstić information content (AvgIpc) is 2.66. The highest BCUT2D eigenvalue weighted by molar-refractivity contribution is 7.92. The standard InChI is InChI=1S/C20H26N2O4S/c1-27(24,25)22-18-13-16(20(23)17-9-5-6-12-21-17)10-11-19(18)26-14-15-7-3-2-4-8-15/h2-4,7-8,10-11,13,17,20-23H,5-6,9,12,14H2,1H3. The van der Waals surface area contributed by atoms with Crippen molar-refractivity contribution in [2.24, 2.45) is 0 Å². The quantitative estimate of drug-likeness (QED) is 0.677. The van der Waals surface area contributed by atoms with Crippen LogP contribution >= 0.6 is 0 Å². The maximum atomic E-state index is 11.8. The highest BCUT2D eigenvalue weighted by atomic mass is 32.2. The normalized spacial score (nSPS) is 18.7. The zero-order valence-corrected chi connectivity index (χ0v) is 16.2. The molecule has 0 aliphatic carbocycles. The summed E-state index contributed by atoms with van der Waals surface area (Å²) in [5.74, 6) is 0.428. The highest BCUT2D eigenvalue weighted by Gasteiger charge is 2.24. The molecule has 0 bridgehead atoms. The third-order valence-corrected chi connectivity index (χ3v) is 5.20. The van der Waals surface area contributed by atoms with E-state index in [1.54, 1.807) is 18.2 Å². The van der Waals surface area contributed by atoms with Crippen LogP contribution in [-0.2, 0) is 16.6 Å². The van der Waals surface area contributed by atoms with Gasteiger partial charge in [-0.1, -0.05) is 42.8 Å². The molecule has 3 N–H and O–H groups in total. The van der Waals surface area contributed by atoms with Crippen molar-refractivity contribution in [3.63, 3.8) is 0 Å². The molecule has 1 fully saturated rings. The van der Waals surface area contributed by atoms with Gasteiger partial charge in [0.15, 0.2) is 0 Å². The van der Waals surface area contributed by atoms with Crippen LogP contribution in [0.5, 0.6) is 5.75 Å². The van der Waals surface area contributed by atoms with E-state index in [0.29, 0.717) is 23.6 Å². The zero-order chi connectivity index (χ0) is 19.3. The van der Waals surface area contributed by atoms with Crippen molar-refractivity contribution < 1.29 is 18.3 Å². The largest absolute Gasteiger partial charge is 0.487 e. The molecule has 7 heteroatoms. The molecule has 1 saturated heterocycles. The van der Waals surface area contributed by atoms with Gasteiger partial charge in [-0.15, -0.1) is 0 Å². The van der Waals surface area contributed by atoms with Crippen LogP contribution in [0.3, 0.4) is 0 Å². The van der Waals surface area contributed by atoms with Crippen molar-refractivity contribution in [2.75, 3.05) is 17.5 Å². The van der Waals surface area contributed by atoms with Gasteiger partial charge in [-0.05, 0) is 42.6 Å². The number of aliphatic hydroxyl groups is 1. The minimum absolute atomic E-state index is 0.0269. The van der Waals surface area contributed by atoms with Crippen molar-refractivity contribution in [1.29, 1.82) is 0 Å². The predicted octanol–water partition coefficient (Wildman–Crippen LogP) is 2.81. The lowest BCUT2D eigenvalue weighted by Gasteiger charge is -2.28. The molecule has 0 amide bonds. The van der Waals surface area contributed by atoms with Crippen molar-refractivity contribution in [2.45, 2.75) is 38.0 Å². The van der Waals surface area contributed by atoms with Crippen LogP contribution in [0, 0.1) is 0 Å². The number of hydrogen-bond donors (Lipinski definition) is 3. The molecule has 0 saturated carbocycles. The van der Waals surface area contributed by atoms with Gasteiger partial charge in [0.2, 0.25) is 10.0 Å². The van der Waals surface area contributed by atoms with Gasteiger partial charge in [-0.3, -0.25) is 4.72 Å². The fourth-order valence-corrected chi connectivity index (χ4v) is 3.81. The Hall–Kier alpha value is -2.09. The van der Waals surface area contributed by atoms with Crippen molar-refractivity contribution >= 4 is 15.7 Å². The van der Waals surface area contributed by atoms with Gasteiger partial charge in [0, 0.05) is 6.04 Å². The molecule has 1 aliphatic rings. The number of anilines is 1. The molecular weight excluding hydrogens is 364 g/mol. The summed E-state index contributed by atoms with van der Waals surface area (Å²) in [6, 6.07) is 14.8. The minimum Gasteiger partial charge on any atom is -0.487 e. The molecule has 2 aromatic carbocycles. The number of aliphatic hydroxyl groups excluding tert-OH is 1. The minimum atomic E-state index is -3.48. The summed E-state index contributed by atoms with van der Waals surface area (Å²) in [5, 5.41) is 14.0. The van der Waals surface area contributed by atoms with Crippen LogP contribution in [0.2, 0.25) is 0 Å². The first-order valence-corrected chi connectivity index (χ1v) is 11.0. The van der Waals surface area contributed by atoms with Crippen LogP contribution in [0.25, 0.3) is 0 Å². The maximum Gasteiger partial charge on any atom is 0.229 e. The van der Waals surface area contributed by atoms with E-state index in [0.717, 1.165) is 37.6 Å². The van der Waals surface area contributed by atoms with Crippen LogP contribution in [0.1, 0.15) is 36.5 Å². The monoisotopic (exact) mass is 390 g/mol. The van der Waals surface area contributed by atoms with Crippen LogP contribution in [-0.4, -0.2) is 32.4 Å². The number of hydrogen-bond acceptors (Lipinski definition) is 5. The first kappa shape index (κ1) is 19.7. The second-order valence-corrected chi connectivity index (χ2v) is 8.65. The van der Waals surface area contributed by atoms with Crippen LogP contribution in [0.15, 0.2) is 48.5 Å². The van der Waals surface area contributed by atoms with Gasteiger partial charge in [-0.25, -0.2) is 8.42 Å². The summed E-state index contributed by atoms with van der Waals surface area (Å²) in [7, 11) is -3.48. The highest BCUT2D eigenvalue weighted by Crippen LogP contribution is 2.32. The lowest BCUT2D eigenvalue weighted by Crippen LogP contribution is -2.38. The van der Waals surface area contributed by atoms with Crippen LogP contribution < -0.4 is 14.8 Å². The molecule has 0 aromatic heterocycles. The van der Waals surface area contributed by atoms with Crippen molar-refractivity contribution in [3.05, 3.63) is 59.7 Å². The van der Waals surface area contributed by atoms with E-state index in [1.165, 1.54) is 0 Å². The molecule has 1 heterocycles. The Kier molecular flexibility index (Phi) is 6.36. The summed E-state index contributed by atoms with van der Waals surface area (Å²) < 4.78 is 31.9. The Morgan fingerprint density at radius 1 is 1.22 bits per heavy atom. The van der Waals surface area contributed by atoms with E-state index in [9.17, 15) is 13.5 Å². The van der Waals surface area contributed by atoms with Crippen LogP contribution in [0.4, 0.5) is 5.69 Å². The molecule has 2 unspecified atom stereocenters. The SMILES string of the molecule is CS(=O)(=O)Nc1cc(C(O)C2CCCCN2)ccc1OCc1ccccc1. The summed E-state index contributed by atoms with van der Waals surface area (Å²) in [6.07, 6.45) is 3.47. The van der Waals surface area contributed by atoms with Crippen molar-refractivity contribution in [1.82, 2.24) is 5.32 Å². The van der Waals surface area contributed by atoms with E-state index < -0.39 is 16.1 Å². The van der Waals surface area contributed by atoms with Gasteiger partial charge in [0.1, 0.15) is 12.4 Å². The van der Waals surface area contributed by atoms with E-state index in [4.69, 9.17) is 4.74 Å². The van der Waals surface area contributed by atoms with Gasteiger partial charge in [0.25, 0.3) is 0 Å². The summed E-state index contributed by atoms with van der Waals surface area (Å²) in [6.45, 7) is 1.21. The number of piperidine rings is 1. The third kappa shape index (κ3) is 5.69. The number of rotatable bonds is 7. The molecule has 146 valence electrons. The lowest BCUT2D eigenvalue weighted by molar-refractivity contribution is 0.114. The van der Waals surface area contributed by atoms with E-state index in [2.05, 4.69) is 10.0 Å². The number of benzene rings is 2.